The number of para-hydroxylation sites is 1. The van der Waals surface area contributed by atoms with Crippen molar-refractivity contribution in [3.63, 3.8) is 0 Å². The summed E-state index contributed by atoms with van der Waals surface area (Å²) in [6, 6.07) is 5.38. The second kappa shape index (κ2) is 9.77. The second-order valence-corrected chi connectivity index (χ2v) is 8.91. The summed E-state index contributed by atoms with van der Waals surface area (Å²) < 4.78 is 13.1. The Morgan fingerprint density at radius 2 is 2.06 bits per heavy atom. The van der Waals surface area contributed by atoms with Crippen LogP contribution in [0.1, 0.15) is 63.5 Å². The number of anilines is 1. The molecule has 4 rings (SSSR count). The fourth-order valence-corrected chi connectivity index (χ4v) is 5.13. The molecule has 1 atom stereocenters. The van der Waals surface area contributed by atoms with Crippen LogP contribution < -0.4 is 14.8 Å². The van der Waals surface area contributed by atoms with Gasteiger partial charge in [-0.15, -0.1) is 5.10 Å². The SMILES string of the molecule is CCCCCCSc1nc2n(n1)[C@@H](c1cccc(OC)c1OC)C1=C(CCCC1=O)N2. The van der Waals surface area contributed by atoms with Gasteiger partial charge in [0.15, 0.2) is 17.3 Å². The number of benzene rings is 1. The van der Waals surface area contributed by atoms with E-state index in [4.69, 9.17) is 19.6 Å². The number of unbranched alkanes of at least 4 members (excludes halogenated alkanes) is 3. The Kier molecular flexibility index (Phi) is 6.85. The van der Waals surface area contributed by atoms with Crippen molar-refractivity contribution in [1.82, 2.24) is 14.8 Å². The number of hydrogen-bond acceptors (Lipinski definition) is 7. The van der Waals surface area contributed by atoms with Crippen molar-refractivity contribution < 1.29 is 14.3 Å². The Morgan fingerprint density at radius 3 is 2.84 bits per heavy atom. The average molecular weight is 443 g/mol. The molecule has 0 saturated heterocycles. The molecule has 7 nitrogen and oxygen atoms in total. The Labute approximate surface area is 187 Å². The van der Waals surface area contributed by atoms with Crippen LogP contribution in [0.15, 0.2) is 34.6 Å². The number of fused-ring (bicyclic) bond motifs is 1. The molecule has 0 bridgehead atoms. The number of nitrogens with one attached hydrogen (secondary N) is 1. The van der Waals surface area contributed by atoms with Crippen LogP contribution in [0.3, 0.4) is 0 Å². The van der Waals surface area contributed by atoms with Gasteiger partial charge in [0.1, 0.15) is 6.04 Å². The highest BCUT2D eigenvalue weighted by atomic mass is 32.2. The first-order valence-corrected chi connectivity index (χ1v) is 12.0. The summed E-state index contributed by atoms with van der Waals surface area (Å²) in [5.74, 6) is 3.08. The molecule has 31 heavy (non-hydrogen) atoms. The Hall–Kier alpha value is -2.48. The third kappa shape index (κ3) is 4.31. The smallest absolute Gasteiger partial charge is 0.227 e. The van der Waals surface area contributed by atoms with Crippen molar-refractivity contribution in [2.75, 3.05) is 25.3 Å². The van der Waals surface area contributed by atoms with Crippen LogP contribution >= 0.6 is 11.8 Å². The molecule has 2 aromatic rings. The first-order valence-electron chi connectivity index (χ1n) is 11.0. The number of ketones is 1. The normalized spacial score (nSPS) is 17.8. The van der Waals surface area contributed by atoms with Crippen molar-refractivity contribution in [2.24, 2.45) is 0 Å². The van der Waals surface area contributed by atoms with Gasteiger partial charge >= 0.3 is 0 Å². The van der Waals surface area contributed by atoms with E-state index in [1.165, 1.54) is 19.3 Å². The highest BCUT2D eigenvalue weighted by Crippen LogP contribution is 2.45. The van der Waals surface area contributed by atoms with Crippen molar-refractivity contribution in [3.05, 3.63) is 35.0 Å². The van der Waals surface area contributed by atoms with Gasteiger partial charge in [-0.05, 0) is 25.3 Å². The monoisotopic (exact) mass is 442 g/mol. The van der Waals surface area contributed by atoms with Gasteiger partial charge in [0.25, 0.3) is 0 Å². The largest absolute Gasteiger partial charge is 0.493 e. The Morgan fingerprint density at radius 1 is 1.19 bits per heavy atom. The quantitative estimate of drug-likeness (QED) is 0.433. The Balaban J connectivity index is 1.73. The number of aromatic nitrogens is 3. The number of Topliss-reactive ketones (excluding diaryl/α,β-unsaturated/α-hetero) is 1. The Bertz CT molecular complexity index is 985. The number of rotatable bonds is 9. The number of carbonyl (C=O) groups excluding carboxylic acids is 1. The average Bonchev–Trinajstić information content (AvgIpc) is 3.19. The first-order chi connectivity index (χ1) is 15.2. The van der Waals surface area contributed by atoms with E-state index in [2.05, 4.69) is 12.2 Å². The van der Waals surface area contributed by atoms with E-state index in [-0.39, 0.29) is 11.8 Å². The topological polar surface area (TPSA) is 78.3 Å². The lowest BCUT2D eigenvalue weighted by Gasteiger charge is -2.32. The predicted molar refractivity (Wildman–Crippen MR) is 122 cm³/mol. The van der Waals surface area contributed by atoms with Gasteiger partial charge < -0.3 is 14.8 Å². The number of thioether (sulfide) groups is 1. The van der Waals surface area contributed by atoms with Gasteiger partial charge in [-0.1, -0.05) is 50.1 Å². The lowest BCUT2D eigenvalue weighted by Crippen LogP contribution is -2.31. The van der Waals surface area contributed by atoms with E-state index >= 15 is 0 Å². The molecule has 8 heteroatoms. The van der Waals surface area contributed by atoms with Gasteiger partial charge in [-0.2, -0.15) is 4.98 Å². The maximum absolute atomic E-state index is 13.0. The molecule has 0 radical (unpaired) electrons. The maximum Gasteiger partial charge on any atom is 0.227 e. The minimum Gasteiger partial charge on any atom is -0.493 e. The number of allylic oxidation sites excluding steroid dienone is 2. The van der Waals surface area contributed by atoms with Crippen molar-refractivity contribution in [1.29, 1.82) is 0 Å². The third-order valence-corrected chi connectivity index (χ3v) is 6.73. The van der Waals surface area contributed by atoms with Gasteiger partial charge in [-0.25, -0.2) is 4.68 Å². The zero-order valence-corrected chi connectivity index (χ0v) is 19.3. The zero-order chi connectivity index (χ0) is 21.8. The van der Waals surface area contributed by atoms with E-state index in [1.54, 1.807) is 26.0 Å². The number of carbonyl (C=O) groups is 1. The number of ether oxygens (including phenoxy) is 2. The van der Waals surface area contributed by atoms with Crippen LogP contribution in [0.5, 0.6) is 11.5 Å². The summed E-state index contributed by atoms with van der Waals surface area (Å²) in [5, 5.41) is 8.93. The number of methoxy groups -OCH3 is 2. The molecule has 0 fully saturated rings. The summed E-state index contributed by atoms with van der Waals surface area (Å²) in [6.07, 6.45) is 7.08. The van der Waals surface area contributed by atoms with E-state index in [1.807, 2.05) is 22.9 Å². The molecule has 1 aromatic heterocycles. The minimum atomic E-state index is -0.383. The molecule has 2 aliphatic rings. The summed E-state index contributed by atoms with van der Waals surface area (Å²) in [6.45, 7) is 2.22. The summed E-state index contributed by atoms with van der Waals surface area (Å²) in [5.41, 5.74) is 2.57. The molecule has 0 saturated carbocycles. The molecular formula is C23H30N4O3S. The highest BCUT2D eigenvalue weighted by Gasteiger charge is 2.38. The first kappa shape index (κ1) is 21.7. The van der Waals surface area contributed by atoms with Crippen LogP contribution in [-0.4, -0.2) is 40.5 Å². The van der Waals surface area contributed by atoms with E-state index in [9.17, 15) is 4.79 Å². The standard InChI is InChI=1S/C23H30N4O3S/c1-4-5-6-7-14-31-23-25-22-24-16-11-9-12-17(28)19(16)20(27(22)26-23)15-10-8-13-18(29-2)21(15)30-3/h8,10,13,20H,4-7,9,11-12,14H2,1-3H3,(H,24,25,26)/t20-/m0/s1. The van der Waals surface area contributed by atoms with Crippen LogP contribution in [0.4, 0.5) is 5.95 Å². The van der Waals surface area contributed by atoms with Crippen molar-refractivity contribution in [3.8, 4) is 11.5 Å². The minimum absolute atomic E-state index is 0.151. The lowest BCUT2D eigenvalue weighted by atomic mass is 9.85. The van der Waals surface area contributed by atoms with Gasteiger partial charge in [0, 0.05) is 29.0 Å². The van der Waals surface area contributed by atoms with E-state index < -0.39 is 0 Å². The number of nitrogens with zero attached hydrogens (tertiary/aromatic N) is 3. The summed E-state index contributed by atoms with van der Waals surface area (Å²) in [7, 11) is 3.24. The molecule has 1 aromatic carbocycles. The summed E-state index contributed by atoms with van der Waals surface area (Å²) in [4.78, 5) is 17.8. The highest BCUT2D eigenvalue weighted by molar-refractivity contribution is 7.99. The van der Waals surface area contributed by atoms with Gasteiger partial charge in [-0.3, -0.25) is 4.79 Å². The molecule has 0 spiro atoms. The van der Waals surface area contributed by atoms with Crippen LogP contribution in [0, 0.1) is 0 Å². The van der Waals surface area contributed by atoms with Crippen LogP contribution in [-0.2, 0) is 4.79 Å². The third-order valence-electron chi connectivity index (χ3n) is 5.81. The molecule has 1 aliphatic heterocycles. The van der Waals surface area contributed by atoms with Crippen LogP contribution in [0.25, 0.3) is 0 Å². The maximum atomic E-state index is 13.0. The second-order valence-electron chi connectivity index (χ2n) is 7.85. The van der Waals surface area contributed by atoms with Gasteiger partial charge in [0.2, 0.25) is 11.1 Å². The van der Waals surface area contributed by atoms with E-state index in [0.29, 0.717) is 23.9 Å². The van der Waals surface area contributed by atoms with Gasteiger partial charge in [0.05, 0.1) is 14.2 Å². The molecule has 1 aliphatic carbocycles. The van der Waals surface area contributed by atoms with Crippen molar-refractivity contribution in [2.45, 2.75) is 63.1 Å². The molecule has 0 unspecified atom stereocenters. The number of hydrogen-bond donors (Lipinski definition) is 1. The fourth-order valence-electron chi connectivity index (χ4n) is 4.30. The zero-order valence-electron chi connectivity index (χ0n) is 18.4. The molecule has 0 amide bonds. The summed E-state index contributed by atoms with van der Waals surface area (Å²) >= 11 is 1.67. The van der Waals surface area contributed by atoms with E-state index in [0.717, 1.165) is 47.0 Å². The fraction of sp³-hybridized carbons (Fsp3) is 0.522. The predicted octanol–water partition coefficient (Wildman–Crippen LogP) is 4.99. The molecule has 1 N–H and O–H groups in total. The molecule has 2 heterocycles. The molecular weight excluding hydrogens is 412 g/mol. The van der Waals surface area contributed by atoms with Crippen molar-refractivity contribution >= 4 is 23.5 Å². The van der Waals surface area contributed by atoms with Crippen LogP contribution in [0.2, 0.25) is 0 Å². The molecule has 166 valence electrons. The lowest BCUT2D eigenvalue weighted by molar-refractivity contribution is -0.116.